The molecule has 0 aromatic heterocycles. The fraction of sp³-hybridized carbons (Fsp3) is 0.368. The fourth-order valence-electron chi connectivity index (χ4n) is 1.29. The van der Waals surface area contributed by atoms with Crippen LogP contribution < -0.4 is 0 Å². The van der Waals surface area contributed by atoms with Crippen molar-refractivity contribution in [3.05, 3.63) is 65.2 Å². The Morgan fingerprint density at radius 1 is 0.650 bits per heavy atom. The van der Waals surface area contributed by atoms with Gasteiger partial charge < -0.3 is 5.11 Å². The molecule has 0 radical (unpaired) electrons. The second-order valence-electron chi connectivity index (χ2n) is 3.92. The average molecular weight is 274 g/mol. The molecule has 0 amide bonds. The number of aromatic hydroxyl groups is 1. The highest BCUT2D eigenvalue weighted by molar-refractivity contribution is 5.25. The van der Waals surface area contributed by atoms with Crippen LogP contribution in [0.1, 0.15) is 44.4 Å². The van der Waals surface area contributed by atoms with Gasteiger partial charge in [0.25, 0.3) is 0 Å². The molecule has 2 rings (SSSR count). The van der Waals surface area contributed by atoms with E-state index in [-0.39, 0.29) is 0 Å². The van der Waals surface area contributed by atoms with Crippen LogP contribution in [-0.2, 0) is 0 Å². The lowest BCUT2D eigenvalue weighted by Crippen LogP contribution is -1.74. The second kappa shape index (κ2) is 13.7. The molecule has 0 saturated carbocycles. The van der Waals surface area contributed by atoms with Crippen molar-refractivity contribution in [1.82, 2.24) is 0 Å². The second-order valence-corrected chi connectivity index (χ2v) is 3.92. The van der Waals surface area contributed by atoms with Crippen molar-refractivity contribution in [3.8, 4) is 5.75 Å². The smallest absolute Gasteiger partial charge is 0.115 e. The lowest BCUT2D eigenvalue weighted by Gasteiger charge is -1.93. The van der Waals surface area contributed by atoms with Gasteiger partial charge in [0.1, 0.15) is 5.75 Å². The Balaban J connectivity index is 0. The summed E-state index contributed by atoms with van der Waals surface area (Å²) in [6, 6.07) is 15.5. The van der Waals surface area contributed by atoms with Crippen LogP contribution >= 0.6 is 0 Å². The van der Waals surface area contributed by atoms with E-state index in [9.17, 15) is 0 Å². The maximum Gasteiger partial charge on any atom is 0.115 e. The summed E-state index contributed by atoms with van der Waals surface area (Å²) in [4.78, 5) is 0. The van der Waals surface area contributed by atoms with Gasteiger partial charge in [-0.2, -0.15) is 0 Å². The fourth-order valence-corrected chi connectivity index (χ4v) is 1.29. The molecule has 1 N–H and O–H groups in total. The summed E-state index contributed by atoms with van der Waals surface area (Å²) in [5.74, 6) is 0.338. The monoisotopic (exact) mass is 274 g/mol. The number of benzene rings is 2. The number of hydrogen-bond donors (Lipinski definition) is 1. The van der Waals surface area contributed by atoms with Gasteiger partial charge in [-0.05, 0) is 49.6 Å². The van der Waals surface area contributed by atoms with Crippen molar-refractivity contribution in [2.24, 2.45) is 0 Å². The first kappa shape index (κ1) is 20.6. The standard InChI is InChI=1S/C8H10.C7H8O.2C2H6/c1-7-5-3-4-6-8(7)2;1-6-3-2-4-7(8)5-6;2*1-2/h3-6H,1-2H3;2-5,8H,1H3;2*1-2H3. The lowest BCUT2D eigenvalue weighted by atomic mass is 10.1. The molecule has 0 aliphatic heterocycles. The molecule has 112 valence electrons. The number of rotatable bonds is 0. The molecular formula is C19H30O. The van der Waals surface area contributed by atoms with Gasteiger partial charge in [-0.3, -0.25) is 0 Å². The van der Waals surface area contributed by atoms with E-state index < -0.39 is 0 Å². The first-order chi connectivity index (χ1) is 9.59. The van der Waals surface area contributed by atoms with Crippen LogP contribution in [0, 0.1) is 20.8 Å². The Labute approximate surface area is 125 Å². The van der Waals surface area contributed by atoms with Crippen molar-refractivity contribution in [3.63, 3.8) is 0 Å². The summed E-state index contributed by atoms with van der Waals surface area (Å²) < 4.78 is 0. The number of hydrogen-bond acceptors (Lipinski definition) is 1. The molecule has 20 heavy (non-hydrogen) atoms. The van der Waals surface area contributed by atoms with Crippen LogP contribution in [0.25, 0.3) is 0 Å². The first-order valence-corrected chi connectivity index (χ1v) is 7.37. The van der Waals surface area contributed by atoms with Crippen molar-refractivity contribution >= 4 is 0 Å². The molecule has 0 aliphatic carbocycles. The van der Waals surface area contributed by atoms with E-state index in [2.05, 4.69) is 38.1 Å². The van der Waals surface area contributed by atoms with E-state index >= 15 is 0 Å². The minimum atomic E-state index is 0.338. The van der Waals surface area contributed by atoms with Crippen LogP contribution in [0.3, 0.4) is 0 Å². The van der Waals surface area contributed by atoms with Crippen LogP contribution in [0.2, 0.25) is 0 Å². The third-order valence-corrected chi connectivity index (χ3v) is 2.43. The van der Waals surface area contributed by atoms with E-state index in [0.717, 1.165) is 5.56 Å². The molecule has 0 aliphatic rings. The van der Waals surface area contributed by atoms with E-state index in [1.165, 1.54) is 11.1 Å². The minimum Gasteiger partial charge on any atom is -0.508 e. The summed E-state index contributed by atoms with van der Waals surface area (Å²) in [7, 11) is 0. The summed E-state index contributed by atoms with van der Waals surface area (Å²) >= 11 is 0. The third kappa shape index (κ3) is 10.2. The summed E-state index contributed by atoms with van der Waals surface area (Å²) in [5, 5.41) is 8.81. The van der Waals surface area contributed by atoms with Gasteiger partial charge in [0.15, 0.2) is 0 Å². The summed E-state index contributed by atoms with van der Waals surface area (Å²) in [5.41, 5.74) is 3.82. The summed E-state index contributed by atoms with van der Waals surface area (Å²) in [6.07, 6.45) is 0. The largest absolute Gasteiger partial charge is 0.508 e. The van der Waals surface area contributed by atoms with Crippen molar-refractivity contribution in [1.29, 1.82) is 0 Å². The van der Waals surface area contributed by atoms with E-state index in [0.29, 0.717) is 5.75 Å². The molecule has 0 saturated heterocycles. The summed E-state index contributed by atoms with van der Waals surface area (Å²) in [6.45, 7) is 14.2. The normalized spacial score (nSPS) is 7.95. The zero-order chi connectivity index (χ0) is 16.0. The number of phenols is 1. The predicted octanol–water partition coefficient (Wildman–Crippen LogP) is 6.06. The van der Waals surface area contributed by atoms with Gasteiger partial charge in [-0.25, -0.2) is 0 Å². The van der Waals surface area contributed by atoms with Crippen molar-refractivity contribution < 1.29 is 5.11 Å². The number of phenolic OH excluding ortho intramolecular Hbond substituents is 1. The Morgan fingerprint density at radius 2 is 1.10 bits per heavy atom. The molecule has 0 unspecified atom stereocenters. The van der Waals surface area contributed by atoms with Gasteiger partial charge in [0.05, 0.1) is 0 Å². The third-order valence-electron chi connectivity index (χ3n) is 2.43. The van der Waals surface area contributed by atoms with E-state index in [4.69, 9.17) is 5.11 Å². The Hall–Kier alpha value is -1.76. The predicted molar refractivity (Wildman–Crippen MR) is 91.5 cm³/mol. The van der Waals surface area contributed by atoms with E-state index in [1.807, 2.05) is 46.8 Å². The highest BCUT2D eigenvalue weighted by Gasteiger charge is 1.84. The van der Waals surface area contributed by atoms with Crippen LogP contribution in [0.5, 0.6) is 5.75 Å². The molecule has 0 spiro atoms. The lowest BCUT2D eigenvalue weighted by molar-refractivity contribution is 0.475. The first-order valence-electron chi connectivity index (χ1n) is 7.37. The van der Waals surface area contributed by atoms with Crippen LogP contribution in [0.4, 0.5) is 0 Å². The SMILES string of the molecule is CC.CC.Cc1cccc(O)c1.Cc1ccccc1C. The maximum absolute atomic E-state index is 8.81. The molecule has 0 atom stereocenters. The zero-order valence-corrected chi connectivity index (χ0v) is 14.1. The van der Waals surface area contributed by atoms with Crippen molar-refractivity contribution in [2.75, 3.05) is 0 Å². The van der Waals surface area contributed by atoms with Gasteiger partial charge >= 0.3 is 0 Å². The molecule has 2 aromatic carbocycles. The maximum atomic E-state index is 8.81. The average Bonchev–Trinajstić information content (AvgIpc) is 2.47. The number of aryl methyl sites for hydroxylation is 3. The highest BCUT2D eigenvalue weighted by atomic mass is 16.3. The Kier molecular flexibility index (Phi) is 14.0. The van der Waals surface area contributed by atoms with Crippen molar-refractivity contribution in [2.45, 2.75) is 48.5 Å². The van der Waals surface area contributed by atoms with Crippen LogP contribution in [0.15, 0.2) is 48.5 Å². The molecule has 2 aromatic rings. The molecule has 0 heterocycles. The minimum absolute atomic E-state index is 0.338. The quantitative estimate of drug-likeness (QED) is 0.619. The van der Waals surface area contributed by atoms with Gasteiger partial charge in [0.2, 0.25) is 0 Å². The van der Waals surface area contributed by atoms with Gasteiger partial charge in [-0.1, -0.05) is 64.1 Å². The molecule has 0 bridgehead atoms. The molecule has 1 nitrogen and oxygen atoms in total. The topological polar surface area (TPSA) is 20.2 Å². The van der Waals surface area contributed by atoms with Gasteiger partial charge in [-0.15, -0.1) is 0 Å². The van der Waals surface area contributed by atoms with Gasteiger partial charge in [0, 0.05) is 0 Å². The highest BCUT2D eigenvalue weighted by Crippen LogP contribution is 2.08. The van der Waals surface area contributed by atoms with E-state index in [1.54, 1.807) is 12.1 Å². The molecule has 0 fully saturated rings. The Morgan fingerprint density at radius 3 is 1.35 bits per heavy atom. The zero-order valence-electron chi connectivity index (χ0n) is 14.1. The Bertz CT molecular complexity index is 409. The molecule has 1 heteroatoms. The molecular weight excluding hydrogens is 244 g/mol. The van der Waals surface area contributed by atoms with Crippen LogP contribution in [-0.4, -0.2) is 5.11 Å².